The number of benzene rings is 2. The zero-order valence-corrected chi connectivity index (χ0v) is 12.6. The molecule has 0 aliphatic heterocycles. The number of hydrogen-bond donors (Lipinski definition) is 0. The smallest absolute Gasteiger partial charge is 0.200 e. The first-order chi connectivity index (χ1) is 9.47. The van der Waals surface area contributed by atoms with Crippen molar-refractivity contribution in [1.82, 2.24) is 0 Å². The van der Waals surface area contributed by atoms with Crippen molar-refractivity contribution in [1.29, 1.82) is 0 Å². The van der Waals surface area contributed by atoms with Crippen LogP contribution in [-0.2, 0) is 0 Å². The van der Waals surface area contributed by atoms with Gasteiger partial charge in [-0.1, -0.05) is 41.4 Å². The summed E-state index contributed by atoms with van der Waals surface area (Å²) in [5, 5.41) is 0.518. The molecule has 3 heteroatoms. The summed E-state index contributed by atoms with van der Waals surface area (Å²) in [6.45, 7) is 5.88. The van der Waals surface area contributed by atoms with Gasteiger partial charge in [0.15, 0.2) is 12.4 Å². The fraction of sp³-hybridized carbons (Fsp3) is 0.235. The molecule has 0 aromatic heterocycles. The summed E-state index contributed by atoms with van der Waals surface area (Å²) in [6, 6.07) is 11.3. The Morgan fingerprint density at radius 2 is 1.70 bits per heavy atom. The van der Waals surface area contributed by atoms with Crippen LogP contribution in [0.3, 0.4) is 0 Å². The second-order valence-electron chi connectivity index (χ2n) is 4.96. The number of rotatable bonds is 4. The minimum absolute atomic E-state index is 0.00687. The first-order valence-corrected chi connectivity index (χ1v) is 6.84. The van der Waals surface area contributed by atoms with Gasteiger partial charge in [0.1, 0.15) is 5.75 Å². The molecule has 20 heavy (non-hydrogen) atoms. The molecule has 2 nitrogen and oxygen atoms in total. The molecule has 0 fully saturated rings. The zero-order valence-electron chi connectivity index (χ0n) is 11.9. The van der Waals surface area contributed by atoms with E-state index in [0.717, 1.165) is 16.7 Å². The molecule has 2 rings (SSSR count). The van der Waals surface area contributed by atoms with Crippen molar-refractivity contribution in [2.45, 2.75) is 20.8 Å². The van der Waals surface area contributed by atoms with Gasteiger partial charge in [-0.2, -0.15) is 0 Å². The molecule has 0 heterocycles. The van der Waals surface area contributed by atoms with Crippen molar-refractivity contribution < 1.29 is 9.53 Å². The molecular formula is C17H17ClO2. The Bertz CT molecular complexity index is 647. The molecule has 0 N–H and O–H groups in total. The van der Waals surface area contributed by atoms with E-state index in [1.807, 2.05) is 51.1 Å². The molecule has 0 aliphatic carbocycles. The molecule has 0 radical (unpaired) electrons. The predicted octanol–water partition coefficient (Wildman–Crippen LogP) is 4.53. The van der Waals surface area contributed by atoms with E-state index in [1.54, 1.807) is 6.07 Å². The van der Waals surface area contributed by atoms with Gasteiger partial charge in [-0.25, -0.2) is 0 Å². The summed E-state index contributed by atoms with van der Waals surface area (Å²) in [6.07, 6.45) is 0. The molecule has 0 saturated heterocycles. The van der Waals surface area contributed by atoms with Gasteiger partial charge in [-0.15, -0.1) is 0 Å². The van der Waals surface area contributed by atoms with Crippen molar-refractivity contribution >= 4 is 17.4 Å². The van der Waals surface area contributed by atoms with Crippen LogP contribution in [0.25, 0.3) is 0 Å². The summed E-state index contributed by atoms with van der Waals surface area (Å²) in [5.74, 6) is 0.504. The molecule has 2 aromatic carbocycles. The van der Waals surface area contributed by atoms with Crippen LogP contribution in [-0.4, -0.2) is 12.4 Å². The van der Waals surface area contributed by atoms with Gasteiger partial charge >= 0.3 is 0 Å². The zero-order chi connectivity index (χ0) is 14.7. The third kappa shape index (κ3) is 3.40. The van der Waals surface area contributed by atoms with Crippen LogP contribution in [0.15, 0.2) is 36.4 Å². The Morgan fingerprint density at radius 3 is 2.40 bits per heavy atom. The van der Waals surface area contributed by atoms with Crippen molar-refractivity contribution in [3.05, 3.63) is 63.7 Å². The van der Waals surface area contributed by atoms with Crippen molar-refractivity contribution in [2.24, 2.45) is 0 Å². The van der Waals surface area contributed by atoms with Gasteiger partial charge in [-0.05, 0) is 44.0 Å². The van der Waals surface area contributed by atoms with E-state index in [4.69, 9.17) is 16.3 Å². The summed E-state index contributed by atoms with van der Waals surface area (Å²) in [5.41, 5.74) is 3.85. The largest absolute Gasteiger partial charge is 0.484 e. The van der Waals surface area contributed by atoms with Crippen LogP contribution in [0.2, 0.25) is 5.02 Å². The predicted molar refractivity (Wildman–Crippen MR) is 81.9 cm³/mol. The standard InChI is InChI=1S/C17H17ClO2/c1-11-4-6-14(13(3)8-11)16(19)10-20-17-9-12(2)5-7-15(17)18/h4-9H,10H2,1-3H3. The number of Topliss-reactive ketones (excluding diaryl/α,β-unsaturated/α-hetero) is 1. The molecule has 0 spiro atoms. The van der Waals surface area contributed by atoms with Gasteiger partial charge < -0.3 is 4.74 Å². The molecule has 104 valence electrons. The van der Waals surface area contributed by atoms with Crippen LogP contribution in [0, 0.1) is 20.8 Å². The van der Waals surface area contributed by atoms with Crippen molar-refractivity contribution in [3.63, 3.8) is 0 Å². The molecular weight excluding hydrogens is 272 g/mol. The minimum Gasteiger partial charge on any atom is -0.484 e. The Morgan fingerprint density at radius 1 is 1.05 bits per heavy atom. The number of halogens is 1. The normalized spacial score (nSPS) is 10.4. The Balaban J connectivity index is 2.10. The van der Waals surface area contributed by atoms with E-state index in [9.17, 15) is 4.79 Å². The molecule has 0 unspecified atom stereocenters. The second-order valence-corrected chi connectivity index (χ2v) is 5.37. The maximum Gasteiger partial charge on any atom is 0.200 e. The lowest BCUT2D eigenvalue weighted by molar-refractivity contribution is 0.0921. The maximum absolute atomic E-state index is 12.2. The quantitative estimate of drug-likeness (QED) is 0.773. The van der Waals surface area contributed by atoms with E-state index in [1.165, 1.54) is 0 Å². The van der Waals surface area contributed by atoms with E-state index < -0.39 is 0 Å². The lowest BCUT2D eigenvalue weighted by Gasteiger charge is -2.10. The number of aryl methyl sites for hydroxylation is 3. The molecule has 0 aliphatic rings. The molecule has 0 atom stereocenters. The van der Waals surface area contributed by atoms with Crippen LogP contribution >= 0.6 is 11.6 Å². The van der Waals surface area contributed by atoms with Crippen LogP contribution in [0.5, 0.6) is 5.75 Å². The molecule has 2 aromatic rings. The summed E-state index contributed by atoms with van der Waals surface area (Å²) in [7, 11) is 0. The first kappa shape index (κ1) is 14.6. The average Bonchev–Trinajstić information content (AvgIpc) is 2.39. The number of ether oxygens (including phenoxy) is 1. The second kappa shape index (κ2) is 6.10. The number of ketones is 1. The molecule has 0 amide bonds. The number of hydrogen-bond acceptors (Lipinski definition) is 2. The van der Waals surface area contributed by atoms with Crippen LogP contribution in [0.1, 0.15) is 27.0 Å². The van der Waals surface area contributed by atoms with Gasteiger partial charge in [0, 0.05) is 5.56 Å². The van der Waals surface area contributed by atoms with Crippen LogP contribution < -0.4 is 4.74 Å². The Labute approximate surface area is 124 Å². The third-order valence-electron chi connectivity index (χ3n) is 3.13. The summed E-state index contributed by atoms with van der Waals surface area (Å²) < 4.78 is 5.54. The topological polar surface area (TPSA) is 26.3 Å². The maximum atomic E-state index is 12.2. The fourth-order valence-corrected chi connectivity index (χ4v) is 2.24. The van der Waals surface area contributed by atoms with Gasteiger partial charge in [0.2, 0.25) is 0 Å². The Hall–Kier alpha value is -1.80. The van der Waals surface area contributed by atoms with E-state index in [2.05, 4.69) is 0 Å². The number of carbonyl (C=O) groups excluding carboxylic acids is 1. The number of carbonyl (C=O) groups is 1. The summed E-state index contributed by atoms with van der Waals surface area (Å²) in [4.78, 5) is 12.2. The fourth-order valence-electron chi connectivity index (χ4n) is 2.07. The van der Waals surface area contributed by atoms with E-state index in [-0.39, 0.29) is 12.4 Å². The minimum atomic E-state index is -0.0416. The van der Waals surface area contributed by atoms with Gasteiger partial charge in [0.05, 0.1) is 5.02 Å². The van der Waals surface area contributed by atoms with Gasteiger partial charge in [-0.3, -0.25) is 4.79 Å². The van der Waals surface area contributed by atoms with E-state index >= 15 is 0 Å². The third-order valence-corrected chi connectivity index (χ3v) is 3.44. The monoisotopic (exact) mass is 288 g/mol. The lowest BCUT2D eigenvalue weighted by Crippen LogP contribution is -2.13. The SMILES string of the molecule is Cc1ccc(C(=O)COc2cc(C)ccc2Cl)c(C)c1. The first-order valence-electron chi connectivity index (χ1n) is 6.47. The highest BCUT2D eigenvalue weighted by Gasteiger charge is 2.11. The van der Waals surface area contributed by atoms with Crippen molar-refractivity contribution in [2.75, 3.05) is 6.61 Å². The average molecular weight is 289 g/mol. The highest BCUT2D eigenvalue weighted by Crippen LogP contribution is 2.25. The van der Waals surface area contributed by atoms with Crippen molar-refractivity contribution in [3.8, 4) is 5.75 Å². The van der Waals surface area contributed by atoms with Gasteiger partial charge in [0.25, 0.3) is 0 Å². The molecule has 0 saturated carbocycles. The highest BCUT2D eigenvalue weighted by atomic mass is 35.5. The molecule has 0 bridgehead atoms. The Kier molecular flexibility index (Phi) is 4.46. The van der Waals surface area contributed by atoms with E-state index in [0.29, 0.717) is 16.3 Å². The van der Waals surface area contributed by atoms with Crippen LogP contribution in [0.4, 0.5) is 0 Å². The highest BCUT2D eigenvalue weighted by molar-refractivity contribution is 6.32. The summed E-state index contributed by atoms with van der Waals surface area (Å²) >= 11 is 6.04. The lowest BCUT2D eigenvalue weighted by atomic mass is 10.0.